The Morgan fingerprint density at radius 2 is 1.72 bits per heavy atom. The van der Waals surface area contributed by atoms with Gasteiger partial charge in [0.1, 0.15) is 18.3 Å². The number of benzene rings is 1. The van der Waals surface area contributed by atoms with Crippen LogP contribution in [0.2, 0.25) is 18.1 Å². The van der Waals surface area contributed by atoms with Crippen LogP contribution >= 0.6 is 0 Å². The fourth-order valence-electron chi connectivity index (χ4n) is 3.08. The number of rotatable bonds is 10. The number of aliphatic hydroxyl groups is 1. The van der Waals surface area contributed by atoms with E-state index in [1.54, 1.807) is 0 Å². The normalized spacial score (nSPS) is 25.7. The zero-order chi connectivity index (χ0) is 21.7. The third kappa shape index (κ3) is 6.61. The van der Waals surface area contributed by atoms with Crippen molar-refractivity contribution in [3.63, 3.8) is 0 Å². The molecule has 1 fully saturated rings. The molecule has 1 aromatic carbocycles. The molecule has 1 saturated heterocycles. The summed E-state index contributed by atoms with van der Waals surface area (Å²) >= 11 is 0. The maximum atomic E-state index is 11.0. The van der Waals surface area contributed by atoms with Crippen LogP contribution in [-0.4, -0.2) is 50.7 Å². The maximum absolute atomic E-state index is 11.0. The standard InChI is InChI=1S/C23H40O5Si/c1-8-18(9-2)27-21-20(24)19(16-26-29(6,7)23(3,4)5)28-22(21)25-15-17-13-11-10-12-14-17/h10-14,18-22,24H,8-9,15-16H2,1-7H3/t19-,20+,21+,22+/m1/s1. The first-order chi connectivity index (χ1) is 13.6. The minimum Gasteiger partial charge on any atom is -0.414 e. The van der Waals surface area contributed by atoms with E-state index in [1.165, 1.54) is 0 Å². The first-order valence-corrected chi connectivity index (χ1v) is 13.8. The molecule has 0 bridgehead atoms. The van der Waals surface area contributed by atoms with E-state index in [9.17, 15) is 5.11 Å². The van der Waals surface area contributed by atoms with Gasteiger partial charge in [0.2, 0.25) is 0 Å². The first-order valence-electron chi connectivity index (χ1n) is 10.9. The van der Waals surface area contributed by atoms with Crippen molar-refractivity contribution in [3.8, 4) is 0 Å². The van der Waals surface area contributed by atoms with E-state index in [-0.39, 0.29) is 11.1 Å². The quantitative estimate of drug-likeness (QED) is 0.542. The molecule has 6 heteroatoms. The Morgan fingerprint density at radius 1 is 1.10 bits per heavy atom. The van der Waals surface area contributed by atoms with Crippen molar-refractivity contribution in [2.45, 2.75) is 103 Å². The summed E-state index contributed by atoms with van der Waals surface area (Å²) in [5, 5.41) is 11.1. The van der Waals surface area contributed by atoms with Gasteiger partial charge in [0, 0.05) is 0 Å². The maximum Gasteiger partial charge on any atom is 0.192 e. The van der Waals surface area contributed by atoms with Gasteiger partial charge >= 0.3 is 0 Å². The molecule has 1 aliphatic heterocycles. The highest BCUT2D eigenvalue weighted by molar-refractivity contribution is 6.74. The highest BCUT2D eigenvalue weighted by atomic mass is 28.4. The van der Waals surface area contributed by atoms with Crippen LogP contribution < -0.4 is 0 Å². The Bertz CT molecular complexity index is 597. The van der Waals surface area contributed by atoms with Crippen LogP contribution in [0.3, 0.4) is 0 Å². The van der Waals surface area contributed by atoms with Crippen LogP contribution in [0.25, 0.3) is 0 Å². The highest BCUT2D eigenvalue weighted by Gasteiger charge is 2.47. The monoisotopic (exact) mass is 424 g/mol. The minimum absolute atomic E-state index is 0.0705. The molecule has 0 unspecified atom stereocenters. The lowest BCUT2D eigenvalue weighted by atomic mass is 10.1. The lowest BCUT2D eigenvalue weighted by Crippen LogP contribution is -2.45. The van der Waals surface area contributed by atoms with Crippen LogP contribution in [0.15, 0.2) is 30.3 Å². The highest BCUT2D eigenvalue weighted by Crippen LogP contribution is 2.37. The van der Waals surface area contributed by atoms with E-state index in [4.69, 9.17) is 18.6 Å². The molecular formula is C23H40O5Si. The van der Waals surface area contributed by atoms with Gasteiger partial charge < -0.3 is 23.7 Å². The van der Waals surface area contributed by atoms with E-state index < -0.39 is 32.9 Å². The lowest BCUT2D eigenvalue weighted by molar-refractivity contribution is -0.196. The van der Waals surface area contributed by atoms with Crippen LogP contribution in [-0.2, 0) is 25.2 Å². The summed E-state index contributed by atoms with van der Waals surface area (Å²) in [7, 11) is -1.94. The average Bonchev–Trinajstić information content (AvgIpc) is 2.97. The summed E-state index contributed by atoms with van der Waals surface area (Å²) in [6, 6.07) is 9.97. The number of hydrogen-bond donors (Lipinski definition) is 1. The number of hydrogen-bond acceptors (Lipinski definition) is 5. The molecule has 0 aromatic heterocycles. The second-order valence-electron chi connectivity index (χ2n) is 9.44. The summed E-state index contributed by atoms with van der Waals surface area (Å²) in [4.78, 5) is 0. The van der Waals surface area contributed by atoms with Gasteiger partial charge in [-0.1, -0.05) is 65.0 Å². The smallest absolute Gasteiger partial charge is 0.192 e. The fraction of sp³-hybridized carbons (Fsp3) is 0.739. The molecule has 0 aliphatic carbocycles. The van der Waals surface area contributed by atoms with Gasteiger partial charge in [-0.2, -0.15) is 0 Å². The van der Waals surface area contributed by atoms with E-state index in [0.717, 1.165) is 18.4 Å². The topological polar surface area (TPSA) is 57.2 Å². The van der Waals surface area contributed by atoms with Crippen LogP contribution in [0.4, 0.5) is 0 Å². The van der Waals surface area contributed by atoms with Gasteiger partial charge in [0.05, 0.1) is 19.3 Å². The number of aliphatic hydroxyl groups excluding tert-OH is 1. The summed E-state index contributed by atoms with van der Waals surface area (Å²) in [6.45, 7) is 16.0. The Hall–Kier alpha value is -0.763. The van der Waals surface area contributed by atoms with Crippen molar-refractivity contribution in [2.24, 2.45) is 0 Å². The van der Waals surface area contributed by atoms with E-state index in [2.05, 4.69) is 47.7 Å². The Morgan fingerprint density at radius 3 is 2.28 bits per heavy atom. The second kappa shape index (κ2) is 10.5. The molecule has 2 rings (SSSR count). The van der Waals surface area contributed by atoms with Crippen LogP contribution in [0.1, 0.15) is 53.0 Å². The lowest BCUT2D eigenvalue weighted by Gasteiger charge is -2.37. The van der Waals surface area contributed by atoms with Crippen molar-refractivity contribution in [2.75, 3.05) is 6.61 Å². The minimum atomic E-state index is -1.94. The van der Waals surface area contributed by atoms with Crippen LogP contribution in [0, 0.1) is 0 Å². The predicted octanol–water partition coefficient (Wildman–Crippen LogP) is 4.88. The number of ether oxygens (including phenoxy) is 3. The molecule has 4 atom stereocenters. The summed E-state index contributed by atoms with van der Waals surface area (Å²) in [5.74, 6) is 0. The van der Waals surface area contributed by atoms with Gasteiger partial charge in [-0.15, -0.1) is 0 Å². The van der Waals surface area contributed by atoms with E-state index in [0.29, 0.717) is 13.2 Å². The molecule has 166 valence electrons. The fourth-order valence-corrected chi connectivity index (χ4v) is 4.10. The summed E-state index contributed by atoms with van der Waals surface area (Å²) in [6.07, 6.45) is -0.519. The van der Waals surface area contributed by atoms with Crippen molar-refractivity contribution >= 4 is 8.32 Å². The zero-order valence-corrected chi connectivity index (χ0v) is 20.2. The SMILES string of the molecule is CCC(CC)O[C@@H]1[C@@H](OCc2ccccc2)O[C@H](CO[Si](C)(C)C(C)(C)C)[C@@H]1O. The third-order valence-electron chi connectivity index (χ3n) is 6.23. The molecule has 1 aliphatic rings. The second-order valence-corrected chi connectivity index (χ2v) is 14.2. The molecular weight excluding hydrogens is 384 g/mol. The van der Waals surface area contributed by atoms with Crippen LogP contribution in [0.5, 0.6) is 0 Å². The van der Waals surface area contributed by atoms with Gasteiger partial charge in [-0.3, -0.25) is 0 Å². The van der Waals surface area contributed by atoms with Crippen molar-refractivity contribution in [1.29, 1.82) is 0 Å². The Kier molecular flexibility index (Phi) is 8.88. The predicted molar refractivity (Wildman–Crippen MR) is 118 cm³/mol. The molecule has 0 amide bonds. The molecule has 0 saturated carbocycles. The average molecular weight is 425 g/mol. The molecule has 0 spiro atoms. The van der Waals surface area contributed by atoms with Crippen molar-refractivity contribution in [3.05, 3.63) is 35.9 Å². The third-order valence-corrected chi connectivity index (χ3v) is 10.7. The first kappa shape index (κ1) is 24.5. The Balaban J connectivity index is 2.06. The molecule has 5 nitrogen and oxygen atoms in total. The Labute approximate surface area is 177 Å². The van der Waals surface area contributed by atoms with Gasteiger partial charge in [-0.05, 0) is 36.5 Å². The summed E-state index contributed by atoms with van der Waals surface area (Å²) in [5.41, 5.74) is 1.06. The van der Waals surface area contributed by atoms with Gasteiger partial charge in [-0.25, -0.2) is 0 Å². The molecule has 1 heterocycles. The van der Waals surface area contributed by atoms with Crippen molar-refractivity contribution in [1.82, 2.24) is 0 Å². The van der Waals surface area contributed by atoms with Gasteiger partial charge in [0.25, 0.3) is 0 Å². The van der Waals surface area contributed by atoms with Gasteiger partial charge in [0.15, 0.2) is 14.6 Å². The molecule has 1 N–H and O–H groups in total. The molecule has 1 aromatic rings. The summed E-state index contributed by atoms with van der Waals surface area (Å²) < 4.78 is 24.7. The molecule has 0 radical (unpaired) electrons. The largest absolute Gasteiger partial charge is 0.414 e. The van der Waals surface area contributed by atoms with Crippen molar-refractivity contribution < 1.29 is 23.7 Å². The zero-order valence-electron chi connectivity index (χ0n) is 19.2. The molecule has 29 heavy (non-hydrogen) atoms. The van der Waals surface area contributed by atoms with E-state index in [1.807, 2.05) is 30.3 Å². The van der Waals surface area contributed by atoms with E-state index >= 15 is 0 Å².